The van der Waals surface area contributed by atoms with E-state index in [0.29, 0.717) is 5.75 Å². The lowest BCUT2D eigenvalue weighted by Gasteiger charge is -2.13. The quantitative estimate of drug-likeness (QED) is 0.464. The Labute approximate surface area is 171 Å². The summed E-state index contributed by atoms with van der Waals surface area (Å²) < 4.78 is 56.6. The molecule has 162 valence electrons. The maximum Gasteiger partial charge on any atom is 0.435 e. The number of ether oxygens (including phenoxy) is 3. The molecule has 1 heterocycles. The molecule has 10 heteroatoms. The molecule has 0 aliphatic carbocycles. The Balaban J connectivity index is 2.81. The number of benzene rings is 1. The van der Waals surface area contributed by atoms with E-state index in [4.69, 9.17) is 14.2 Å². The summed E-state index contributed by atoms with van der Waals surface area (Å²) in [5.74, 6) is 0.602. The van der Waals surface area contributed by atoms with Crippen molar-refractivity contribution in [3.05, 3.63) is 52.3 Å². The summed E-state index contributed by atoms with van der Waals surface area (Å²) in [4.78, 5) is 11.2. The van der Waals surface area contributed by atoms with Gasteiger partial charge in [0.25, 0.3) is 0 Å². The molecule has 0 saturated heterocycles. The second kappa shape index (κ2) is 9.57. The topological polar surface area (TPSA) is 85.8 Å². The molecule has 0 aliphatic heterocycles. The Morgan fingerprint density at radius 1 is 1.20 bits per heavy atom. The molecule has 1 atom stereocenters. The van der Waals surface area contributed by atoms with Crippen LogP contribution in [0.2, 0.25) is 0 Å². The molecule has 0 saturated carbocycles. The van der Waals surface area contributed by atoms with E-state index in [-0.39, 0.29) is 39.9 Å². The first-order valence-corrected chi connectivity index (χ1v) is 8.81. The summed E-state index contributed by atoms with van der Waals surface area (Å²) >= 11 is 0. The van der Waals surface area contributed by atoms with Crippen molar-refractivity contribution in [3.63, 3.8) is 0 Å². The van der Waals surface area contributed by atoms with Gasteiger partial charge in [-0.1, -0.05) is 18.2 Å². The van der Waals surface area contributed by atoms with Crippen molar-refractivity contribution >= 4 is 5.57 Å². The number of aromatic nitrogens is 2. The van der Waals surface area contributed by atoms with Crippen LogP contribution in [-0.4, -0.2) is 37.6 Å². The SMILES string of the molecule is COc1ccc(-c2c(C(F)(F)F)n[nH]c2C(/C=C\C(C)OC)=C(/C)N=O)cc1OC. The number of methoxy groups -OCH3 is 3. The number of halogens is 3. The monoisotopic (exact) mass is 425 g/mol. The maximum absolute atomic E-state index is 13.7. The van der Waals surface area contributed by atoms with Gasteiger partial charge in [0.2, 0.25) is 0 Å². The van der Waals surface area contributed by atoms with Gasteiger partial charge in [-0.15, -0.1) is 4.91 Å². The minimum absolute atomic E-state index is 0.00815. The van der Waals surface area contributed by atoms with Gasteiger partial charge in [0.05, 0.1) is 31.7 Å². The number of hydrogen-bond acceptors (Lipinski definition) is 6. The number of hydrogen-bond donors (Lipinski definition) is 1. The van der Waals surface area contributed by atoms with Crippen LogP contribution in [0.25, 0.3) is 16.7 Å². The molecule has 1 aromatic heterocycles. The predicted molar refractivity (Wildman–Crippen MR) is 106 cm³/mol. The van der Waals surface area contributed by atoms with Crippen LogP contribution in [0.1, 0.15) is 25.2 Å². The van der Waals surface area contributed by atoms with Crippen LogP contribution >= 0.6 is 0 Å². The Hall–Kier alpha value is -3.14. The number of alkyl halides is 3. The minimum Gasteiger partial charge on any atom is -0.493 e. The van der Waals surface area contributed by atoms with Crippen molar-refractivity contribution in [2.75, 3.05) is 21.3 Å². The molecule has 0 aliphatic rings. The molecular weight excluding hydrogens is 403 g/mol. The number of H-pyrrole nitrogens is 1. The first-order chi connectivity index (χ1) is 14.2. The largest absolute Gasteiger partial charge is 0.493 e. The Kier molecular flexibility index (Phi) is 7.38. The number of nitrogens with zero attached hydrogens (tertiary/aromatic N) is 2. The lowest BCUT2D eigenvalue weighted by Crippen LogP contribution is -2.07. The van der Waals surface area contributed by atoms with E-state index in [0.717, 1.165) is 0 Å². The van der Waals surface area contributed by atoms with Crippen LogP contribution in [0.5, 0.6) is 11.5 Å². The Bertz CT molecular complexity index is 965. The standard InChI is InChI=1S/C20H22F3N3O4/c1-11(28-3)6-8-14(12(2)26-27)18-17(19(25-24-18)20(21,22)23)13-7-9-15(29-4)16(10-13)30-5/h6-11H,1-5H3,(H,24,25)/b8-6-,14-12-. The van der Waals surface area contributed by atoms with E-state index in [2.05, 4.69) is 15.4 Å². The summed E-state index contributed by atoms with van der Waals surface area (Å²) in [6.07, 6.45) is -2.01. The fourth-order valence-electron chi connectivity index (χ4n) is 2.76. The van der Waals surface area contributed by atoms with E-state index in [9.17, 15) is 18.1 Å². The highest BCUT2D eigenvalue weighted by atomic mass is 19.4. The molecule has 7 nitrogen and oxygen atoms in total. The average molecular weight is 425 g/mol. The van der Waals surface area contributed by atoms with Gasteiger partial charge in [-0.3, -0.25) is 5.10 Å². The zero-order valence-corrected chi connectivity index (χ0v) is 17.1. The van der Waals surface area contributed by atoms with Gasteiger partial charge in [-0.25, -0.2) is 0 Å². The van der Waals surface area contributed by atoms with Gasteiger partial charge in [0, 0.05) is 18.2 Å². The number of rotatable bonds is 8. The molecular formula is C20H22F3N3O4. The highest BCUT2D eigenvalue weighted by Gasteiger charge is 2.39. The first-order valence-electron chi connectivity index (χ1n) is 8.81. The average Bonchev–Trinajstić information content (AvgIpc) is 3.18. The summed E-state index contributed by atoms with van der Waals surface area (Å²) in [7, 11) is 4.28. The second-order valence-electron chi connectivity index (χ2n) is 6.28. The lowest BCUT2D eigenvalue weighted by atomic mass is 9.96. The molecule has 1 N–H and O–H groups in total. The van der Waals surface area contributed by atoms with Gasteiger partial charge in [0.15, 0.2) is 17.2 Å². The number of nitroso groups, excluding NO2 is 1. The third kappa shape index (κ3) is 4.88. The zero-order valence-electron chi connectivity index (χ0n) is 17.1. The van der Waals surface area contributed by atoms with Crippen LogP contribution in [0.3, 0.4) is 0 Å². The van der Waals surface area contributed by atoms with Gasteiger partial charge in [-0.05, 0) is 36.7 Å². The molecule has 1 aromatic carbocycles. The molecule has 0 bridgehead atoms. The van der Waals surface area contributed by atoms with E-state index in [1.807, 2.05) is 0 Å². The summed E-state index contributed by atoms with van der Waals surface area (Å²) in [6, 6.07) is 4.35. The van der Waals surface area contributed by atoms with Crippen LogP contribution < -0.4 is 9.47 Å². The van der Waals surface area contributed by atoms with Crippen LogP contribution in [0.15, 0.2) is 41.2 Å². The van der Waals surface area contributed by atoms with E-state index < -0.39 is 11.9 Å². The third-order valence-corrected chi connectivity index (χ3v) is 4.41. The van der Waals surface area contributed by atoms with Crippen molar-refractivity contribution < 1.29 is 27.4 Å². The zero-order chi connectivity index (χ0) is 22.5. The van der Waals surface area contributed by atoms with Crippen molar-refractivity contribution in [3.8, 4) is 22.6 Å². The summed E-state index contributed by atoms with van der Waals surface area (Å²) in [5, 5.41) is 8.79. The van der Waals surface area contributed by atoms with Crippen molar-refractivity contribution in [2.45, 2.75) is 26.1 Å². The van der Waals surface area contributed by atoms with Crippen molar-refractivity contribution in [1.82, 2.24) is 10.2 Å². The molecule has 0 fully saturated rings. The molecule has 0 amide bonds. The van der Waals surface area contributed by atoms with Gasteiger partial charge < -0.3 is 14.2 Å². The van der Waals surface area contributed by atoms with Gasteiger partial charge in [-0.2, -0.15) is 18.3 Å². The summed E-state index contributed by atoms with van der Waals surface area (Å²) in [6.45, 7) is 3.14. The highest BCUT2D eigenvalue weighted by Crippen LogP contribution is 2.42. The van der Waals surface area contributed by atoms with E-state index in [1.54, 1.807) is 13.0 Å². The molecule has 0 spiro atoms. The second-order valence-corrected chi connectivity index (χ2v) is 6.28. The minimum atomic E-state index is -4.74. The van der Waals surface area contributed by atoms with Crippen LogP contribution in [0, 0.1) is 4.91 Å². The van der Waals surface area contributed by atoms with Gasteiger partial charge >= 0.3 is 6.18 Å². The molecule has 2 rings (SSSR count). The first kappa shape index (κ1) is 23.1. The Morgan fingerprint density at radius 2 is 1.87 bits per heavy atom. The predicted octanol–water partition coefficient (Wildman–Crippen LogP) is 5.20. The normalized spacial score (nSPS) is 13.9. The molecule has 30 heavy (non-hydrogen) atoms. The maximum atomic E-state index is 13.7. The third-order valence-electron chi connectivity index (χ3n) is 4.41. The molecule has 2 aromatic rings. The van der Waals surface area contributed by atoms with Crippen LogP contribution in [-0.2, 0) is 10.9 Å². The smallest absolute Gasteiger partial charge is 0.435 e. The van der Waals surface area contributed by atoms with E-state index >= 15 is 0 Å². The molecule has 0 radical (unpaired) electrons. The van der Waals surface area contributed by atoms with E-state index in [1.165, 1.54) is 52.5 Å². The van der Waals surface area contributed by atoms with Crippen molar-refractivity contribution in [1.29, 1.82) is 0 Å². The number of nitrogens with one attached hydrogen (secondary N) is 1. The highest BCUT2D eigenvalue weighted by molar-refractivity contribution is 5.87. The van der Waals surface area contributed by atoms with Crippen molar-refractivity contribution in [2.24, 2.45) is 5.18 Å². The fourth-order valence-corrected chi connectivity index (χ4v) is 2.76. The lowest BCUT2D eigenvalue weighted by molar-refractivity contribution is -0.140. The summed E-state index contributed by atoms with van der Waals surface area (Å²) in [5.41, 5.74) is -1.07. The van der Waals surface area contributed by atoms with Crippen LogP contribution in [0.4, 0.5) is 13.2 Å². The molecule has 1 unspecified atom stereocenters. The number of aromatic amines is 1. The Morgan fingerprint density at radius 3 is 2.40 bits per heavy atom. The fraction of sp³-hybridized carbons (Fsp3) is 0.350. The van der Waals surface area contributed by atoms with Gasteiger partial charge in [0.1, 0.15) is 0 Å². The number of allylic oxidation sites excluding steroid dienone is 3.